The van der Waals surface area contributed by atoms with Gasteiger partial charge in [-0.25, -0.2) is 9.78 Å². The molecule has 0 aliphatic carbocycles. The first-order valence-electron chi connectivity index (χ1n) is 5.33. The number of nitrogens with one attached hydrogen (secondary N) is 1. The summed E-state index contributed by atoms with van der Waals surface area (Å²) in [6.07, 6.45) is 1.46. The molecule has 0 radical (unpaired) electrons. The summed E-state index contributed by atoms with van der Waals surface area (Å²) >= 11 is 5.87. The Morgan fingerprint density at radius 2 is 2.17 bits per heavy atom. The first-order chi connectivity index (χ1) is 8.65. The Bertz CT molecular complexity index is 572. The van der Waals surface area contributed by atoms with E-state index in [1.165, 1.54) is 18.3 Å². The second kappa shape index (κ2) is 5.51. The van der Waals surface area contributed by atoms with E-state index in [-0.39, 0.29) is 5.56 Å². The van der Waals surface area contributed by atoms with Gasteiger partial charge in [-0.3, -0.25) is 0 Å². The predicted molar refractivity (Wildman–Crippen MR) is 70.0 cm³/mol. The number of pyridine rings is 1. The van der Waals surface area contributed by atoms with Crippen molar-refractivity contribution in [3.8, 4) is 0 Å². The van der Waals surface area contributed by atoms with Crippen LogP contribution in [0.25, 0.3) is 0 Å². The number of anilines is 1. The largest absolute Gasteiger partial charge is 0.478 e. The van der Waals surface area contributed by atoms with Crippen molar-refractivity contribution in [3.05, 3.63) is 58.7 Å². The standard InChI is InChI=1S/C13H11ClN2O2/c14-11-3-1-2-9(6-11)8-16-12-7-10(13(17)18)4-5-15-12/h1-7H,8H2,(H,15,16)(H,17,18). The highest BCUT2D eigenvalue weighted by molar-refractivity contribution is 6.30. The van der Waals surface area contributed by atoms with Crippen LogP contribution < -0.4 is 5.32 Å². The van der Waals surface area contributed by atoms with Gasteiger partial charge < -0.3 is 10.4 Å². The number of carbonyl (C=O) groups is 1. The fraction of sp³-hybridized carbons (Fsp3) is 0.0769. The lowest BCUT2D eigenvalue weighted by atomic mass is 10.2. The Kier molecular flexibility index (Phi) is 3.79. The highest BCUT2D eigenvalue weighted by atomic mass is 35.5. The van der Waals surface area contributed by atoms with Gasteiger partial charge in [-0.05, 0) is 29.8 Å². The van der Waals surface area contributed by atoms with Crippen LogP contribution in [-0.2, 0) is 6.54 Å². The van der Waals surface area contributed by atoms with Crippen molar-refractivity contribution in [2.45, 2.75) is 6.54 Å². The van der Waals surface area contributed by atoms with Gasteiger partial charge in [0.2, 0.25) is 0 Å². The van der Waals surface area contributed by atoms with Crippen LogP contribution in [0.15, 0.2) is 42.6 Å². The van der Waals surface area contributed by atoms with E-state index in [0.717, 1.165) is 5.56 Å². The molecule has 0 aliphatic rings. The van der Waals surface area contributed by atoms with Gasteiger partial charge in [-0.1, -0.05) is 23.7 Å². The van der Waals surface area contributed by atoms with Crippen molar-refractivity contribution >= 4 is 23.4 Å². The van der Waals surface area contributed by atoms with Crippen molar-refractivity contribution in [3.63, 3.8) is 0 Å². The Balaban J connectivity index is 2.06. The molecular weight excluding hydrogens is 252 g/mol. The van der Waals surface area contributed by atoms with Crippen LogP contribution >= 0.6 is 11.6 Å². The summed E-state index contributed by atoms with van der Waals surface area (Å²) in [5, 5.41) is 12.6. The van der Waals surface area contributed by atoms with Gasteiger partial charge in [0.1, 0.15) is 5.82 Å². The number of nitrogens with zero attached hydrogens (tertiary/aromatic N) is 1. The van der Waals surface area contributed by atoms with Crippen LogP contribution in [-0.4, -0.2) is 16.1 Å². The Morgan fingerprint density at radius 1 is 1.33 bits per heavy atom. The highest BCUT2D eigenvalue weighted by Gasteiger charge is 2.03. The van der Waals surface area contributed by atoms with E-state index in [4.69, 9.17) is 16.7 Å². The summed E-state index contributed by atoms with van der Waals surface area (Å²) in [5.41, 5.74) is 1.21. The van der Waals surface area contributed by atoms with Gasteiger partial charge in [-0.2, -0.15) is 0 Å². The molecule has 0 spiro atoms. The van der Waals surface area contributed by atoms with E-state index >= 15 is 0 Å². The van der Waals surface area contributed by atoms with Gasteiger partial charge in [0.05, 0.1) is 5.56 Å². The van der Waals surface area contributed by atoms with E-state index < -0.39 is 5.97 Å². The molecular formula is C13H11ClN2O2. The van der Waals surface area contributed by atoms with Crippen molar-refractivity contribution in [2.75, 3.05) is 5.32 Å². The maximum Gasteiger partial charge on any atom is 0.335 e. The molecule has 0 saturated heterocycles. The summed E-state index contributed by atoms with van der Waals surface area (Å²) in [5.74, 6) is -0.446. The number of benzene rings is 1. The normalized spacial score (nSPS) is 10.1. The molecule has 2 aromatic rings. The third-order valence-electron chi connectivity index (χ3n) is 2.37. The molecule has 0 fully saturated rings. The van der Waals surface area contributed by atoms with E-state index in [1.54, 1.807) is 6.07 Å². The lowest BCUT2D eigenvalue weighted by molar-refractivity contribution is 0.0697. The summed E-state index contributed by atoms with van der Waals surface area (Å²) < 4.78 is 0. The molecule has 2 N–H and O–H groups in total. The van der Waals surface area contributed by atoms with Crippen molar-refractivity contribution in [1.29, 1.82) is 0 Å². The number of hydrogen-bond acceptors (Lipinski definition) is 3. The quantitative estimate of drug-likeness (QED) is 0.889. The number of halogens is 1. The fourth-order valence-corrected chi connectivity index (χ4v) is 1.71. The lowest BCUT2D eigenvalue weighted by Crippen LogP contribution is -2.03. The Hall–Kier alpha value is -2.07. The van der Waals surface area contributed by atoms with Crippen LogP contribution in [0.4, 0.5) is 5.82 Å². The zero-order valence-electron chi connectivity index (χ0n) is 9.43. The van der Waals surface area contributed by atoms with Gasteiger partial charge in [-0.15, -0.1) is 0 Å². The number of hydrogen-bond donors (Lipinski definition) is 2. The van der Waals surface area contributed by atoms with E-state index in [1.807, 2.05) is 18.2 Å². The Morgan fingerprint density at radius 3 is 2.89 bits per heavy atom. The number of aromatic carboxylic acids is 1. The number of rotatable bonds is 4. The Labute approximate surface area is 109 Å². The molecule has 1 aromatic heterocycles. The molecule has 0 bridgehead atoms. The highest BCUT2D eigenvalue weighted by Crippen LogP contribution is 2.13. The minimum absolute atomic E-state index is 0.207. The maximum absolute atomic E-state index is 10.8. The van der Waals surface area contributed by atoms with E-state index in [9.17, 15) is 4.79 Å². The second-order valence-electron chi connectivity index (χ2n) is 3.72. The molecule has 0 atom stereocenters. The molecule has 18 heavy (non-hydrogen) atoms. The van der Waals surface area contributed by atoms with Crippen LogP contribution in [0.1, 0.15) is 15.9 Å². The zero-order chi connectivity index (χ0) is 13.0. The molecule has 1 aromatic carbocycles. The van der Waals surface area contributed by atoms with Crippen LogP contribution in [0, 0.1) is 0 Å². The smallest absolute Gasteiger partial charge is 0.335 e. The van der Waals surface area contributed by atoms with E-state index in [0.29, 0.717) is 17.4 Å². The topological polar surface area (TPSA) is 62.2 Å². The molecule has 5 heteroatoms. The van der Waals surface area contributed by atoms with Crippen LogP contribution in [0.5, 0.6) is 0 Å². The summed E-state index contributed by atoms with van der Waals surface area (Å²) in [7, 11) is 0. The number of carboxylic acids is 1. The minimum atomic E-state index is -0.969. The third kappa shape index (κ3) is 3.21. The van der Waals surface area contributed by atoms with Gasteiger partial charge in [0, 0.05) is 17.8 Å². The monoisotopic (exact) mass is 262 g/mol. The number of aromatic nitrogens is 1. The second-order valence-corrected chi connectivity index (χ2v) is 4.15. The maximum atomic E-state index is 10.8. The predicted octanol–water partition coefficient (Wildman–Crippen LogP) is 3.05. The average molecular weight is 263 g/mol. The molecule has 4 nitrogen and oxygen atoms in total. The van der Waals surface area contributed by atoms with Crippen molar-refractivity contribution in [1.82, 2.24) is 4.98 Å². The van der Waals surface area contributed by atoms with E-state index in [2.05, 4.69) is 10.3 Å². The van der Waals surface area contributed by atoms with Gasteiger partial charge >= 0.3 is 5.97 Å². The van der Waals surface area contributed by atoms with Crippen LogP contribution in [0.3, 0.4) is 0 Å². The minimum Gasteiger partial charge on any atom is -0.478 e. The first kappa shape index (κ1) is 12.4. The van der Waals surface area contributed by atoms with Crippen molar-refractivity contribution in [2.24, 2.45) is 0 Å². The summed E-state index contributed by atoms with van der Waals surface area (Å²) in [6.45, 7) is 0.538. The molecule has 92 valence electrons. The number of carboxylic acid groups (broad SMARTS) is 1. The molecule has 0 amide bonds. The SMILES string of the molecule is O=C(O)c1ccnc(NCc2cccc(Cl)c2)c1. The summed E-state index contributed by atoms with van der Waals surface area (Å²) in [4.78, 5) is 14.9. The molecule has 1 heterocycles. The van der Waals surface area contributed by atoms with Gasteiger partial charge in [0.15, 0.2) is 0 Å². The third-order valence-corrected chi connectivity index (χ3v) is 2.60. The fourth-order valence-electron chi connectivity index (χ4n) is 1.50. The molecule has 0 unspecified atom stereocenters. The zero-order valence-corrected chi connectivity index (χ0v) is 10.2. The molecule has 0 aliphatic heterocycles. The van der Waals surface area contributed by atoms with Crippen LogP contribution in [0.2, 0.25) is 5.02 Å². The summed E-state index contributed by atoms with van der Waals surface area (Å²) in [6, 6.07) is 10.4. The van der Waals surface area contributed by atoms with Gasteiger partial charge in [0.25, 0.3) is 0 Å². The van der Waals surface area contributed by atoms with Crippen molar-refractivity contribution < 1.29 is 9.90 Å². The average Bonchev–Trinajstić information content (AvgIpc) is 2.37. The lowest BCUT2D eigenvalue weighted by Gasteiger charge is -2.06. The molecule has 2 rings (SSSR count). The first-order valence-corrected chi connectivity index (χ1v) is 5.70. The molecule has 0 saturated carbocycles.